The average molecular weight is 289 g/mol. The lowest BCUT2D eigenvalue weighted by Gasteiger charge is -2.06. The Labute approximate surface area is 123 Å². The average Bonchev–Trinajstić information content (AvgIpc) is 2.93. The summed E-state index contributed by atoms with van der Waals surface area (Å²) >= 11 is 0. The van der Waals surface area contributed by atoms with Crippen molar-refractivity contribution in [3.63, 3.8) is 0 Å². The molecular formula is C15H19N3O3. The predicted octanol–water partition coefficient (Wildman–Crippen LogP) is 2.20. The summed E-state index contributed by atoms with van der Waals surface area (Å²) in [7, 11) is 1.61. The van der Waals surface area contributed by atoms with Crippen LogP contribution in [0.25, 0.3) is 11.4 Å². The highest BCUT2D eigenvalue weighted by atomic mass is 16.5. The Kier molecular flexibility index (Phi) is 4.92. The van der Waals surface area contributed by atoms with E-state index in [0.29, 0.717) is 24.6 Å². The summed E-state index contributed by atoms with van der Waals surface area (Å²) < 4.78 is 10.3. The second-order valence-corrected chi connectivity index (χ2v) is 4.97. The standard InChI is InChI=1S/C15H19N3O3/c1-10(2)16-13(19)7-8-14-17-15(18-21-14)11-5-4-6-12(9-11)20-3/h4-6,9-10H,7-8H2,1-3H3,(H,16,19). The molecule has 1 heterocycles. The van der Waals surface area contributed by atoms with Crippen LogP contribution in [0.15, 0.2) is 28.8 Å². The van der Waals surface area contributed by atoms with Gasteiger partial charge in [-0.3, -0.25) is 4.79 Å². The molecule has 0 atom stereocenters. The van der Waals surface area contributed by atoms with Crippen molar-refractivity contribution in [2.75, 3.05) is 7.11 Å². The van der Waals surface area contributed by atoms with Gasteiger partial charge in [0.25, 0.3) is 0 Å². The number of carbonyl (C=O) groups is 1. The third-order valence-corrected chi connectivity index (χ3v) is 2.81. The van der Waals surface area contributed by atoms with Gasteiger partial charge in [-0.1, -0.05) is 17.3 Å². The first-order chi connectivity index (χ1) is 10.1. The van der Waals surface area contributed by atoms with Crippen LogP contribution in [0.3, 0.4) is 0 Å². The molecule has 0 fully saturated rings. The van der Waals surface area contributed by atoms with E-state index in [1.165, 1.54) is 0 Å². The lowest BCUT2D eigenvalue weighted by Crippen LogP contribution is -2.30. The number of rotatable bonds is 6. The monoisotopic (exact) mass is 289 g/mol. The number of aromatic nitrogens is 2. The van der Waals surface area contributed by atoms with Crippen molar-refractivity contribution >= 4 is 5.91 Å². The summed E-state index contributed by atoms with van der Waals surface area (Å²) in [6, 6.07) is 7.55. The number of hydrogen-bond acceptors (Lipinski definition) is 5. The smallest absolute Gasteiger partial charge is 0.227 e. The molecule has 112 valence electrons. The Bertz CT molecular complexity index is 608. The number of nitrogens with one attached hydrogen (secondary N) is 1. The Balaban J connectivity index is 1.99. The number of carbonyl (C=O) groups excluding carboxylic acids is 1. The third-order valence-electron chi connectivity index (χ3n) is 2.81. The molecule has 0 aliphatic rings. The molecule has 2 aromatic rings. The summed E-state index contributed by atoms with van der Waals surface area (Å²) in [5.74, 6) is 1.65. The van der Waals surface area contributed by atoms with Gasteiger partial charge in [0.2, 0.25) is 17.6 Å². The Morgan fingerprint density at radius 3 is 2.95 bits per heavy atom. The zero-order valence-corrected chi connectivity index (χ0v) is 12.4. The van der Waals surface area contributed by atoms with E-state index in [1.807, 2.05) is 38.1 Å². The minimum Gasteiger partial charge on any atom is -0.497 e. The highest BCUT2D eigenvalue weighted by Gasteiger charge is 2.11. The first-order valence-corrected chi connectivity index (χ1v) is 6.85. The fraction of sp³-hybridized carbons (Fsp3) is 0.400. The van der Waals surface area contributed by atoms with Gasteiger partial charge in [0, 0.05) is 24.4 Å². The Morgan fingerprint density at radius 2 is 2.24 bits per heavy atom. The lowest BCUT2D eigenvalue weighted by atomic mass is 10.2. The molecule has 0 saturated carbocycles. The van der Waals surface area contributed by atoms with E-state index >= 15 is 0 Å². The number of aryl methyl sites for hydroxylation is 1. The molecule has 6 heteroatoms. The van der Waals surface area contributed by atoms with E-state index in [4.69, 9.17) is 9.26 Å². The van der Waals surface area contributed by atoms with E-state index < -0.39 is 0 Å². The fourth-order valence-electron chi connectivity index (χ4n) is 1.85. The maximum absolute atomic E-state index is 11.6. The van der Waals surface area contributed by atoms with Gasteiger partial charge in [0.05, 0.1) is 7.11 Å². The van der Waals surface area contributed by atoms with Crippen molar-refractivity contribution in [3.05, 3.63) is 30.2 Å². The van der Waals surface area contributed by atoms with Gasteiger partial charge in [-0.2, -0.15) is 4.98 Å². The van der Waals surface area contributed by atoms with Crippen LogP contribution in [-0.4, -0.2) is 29.2 Å². The van der Waals surface area contributed by atoms with E-state index in [9.17, 15) is 4.79 Å². The van der Waals surface area contributed by atoms with Crippen molar-refractivity contribution in [2.24, 2.45) is 0 Å². The van der Waals surface area contributed by atoms with Gasteiger partial charge in [-0.05, 0) is 26.0 Å². The van der Waals surface area contributed by atoms with Crippen LogP contribution in [0.5, 0.6) is 5.75 Å². The van der Waals surface area contributed by atoms with Crippen molar-refractivity contribution in [3.8, 4) is 17.1 Å². The molecule has 0 unspecified atom stereocenters. The van der Waals surface area contributed by atoms with Crippen molar-refractivity contribution < 1.29 is 14.1 Å². The molecule has 0 bridgehead atoms. The first-order valence-electron chi connectivity index (χ1n) is 6.85. The molecule has 1 N–H and O–H groups in total. The molecule has 2 rings (SSSR count). The fourth-order valence-corrected chi connectivity index (χ4v) is 1.85. The minimum atomic E-state index is -0.0221. The molecule has 0 aliphatic heterocycles. The van der Waals surface area contributed by atoms with Crippen LogP contribution in [0.4, 0.5) is 0 Å². The van der Waals surface area contributed by atoms with Gasteiger partial charge in [0.15, 0.2) is 0 Å². The molecule has 0 aliphatic carbocycles. The van der Waals surface area contributed by atoms with E-state index in [-0.39, 0.29) is 11.9 Å². The van der Waals surface area contributed by atoms with Gasteiger partial charge >= 0.3 is 0 Å². The van der Waals surface area contributed by atoms with Gasteiger partial charge in [-0.15, -0.1) is 0 Å². The molecule has 21 heavy (non-hydrogen) atoms. The normalized spacial score (nSPS) is 10.7. The van der Waals surface area contributed by atoms with E-state index in [2.05, 4.69) is 15.5 Å². The van der Waals surface area contributed by atoms with Crippen molar-refractivity contribution in [1.29, 1.82) is 0 Å². The molecule has 1 aromatic carbocycles. The molecular weight excluding hydrogens is 270 g/mol. The summed E-state index contributed by atoms with van der Waals surface area (Å²) in [5, 5.41) is 6.75. The highest BCUT2D eigenvalue weighted by molar-refractivity contribution is 5.76. The molecule has 6 nitrogen and oxygen atoms in total. The minimum absolute atomic E-state index is 0.0221. The van der Waals surface area contributed by atoms with Crippen molar-refractivity contribution in [2.45, 2.75) is 32.7 Å². The topological polar surface area (TPSA) is 77.2 Å². The van der Waals surface area contributed by atoms with Crippen LogP contribution in [0, 0.1) is 0 Å². The van der Waals surface area contributed by atoms with Crippen LogP contribution in [0.1, 0.15) is 26.2 Å². The second-order valence-electron chi connectivity index (χ2n) is 4.97. The Morgan fingerprint density at radius 1 is 1.43 bits per heavy atom. The highest BCUT2D eigenvalue weighted by Crippen LogP contribution is 2.21. The Hall–Kier alpha value is -2.37. The summed E-state index contributed by atoms with van der Waals surface area (Å²) in [6.45, 7) is 3.84. The third kappa shape index (κ3) is 4.30. The maximum Gasteiger partial charge on any atom is 0.227 e. The number of ether oxygens (including phenoxy) is 1. The lowest BCUT2D eigenvalue weighted by molar-refractivity contribution is -0.121. The number of benzene rings is 1. The van der Waals surface area contributed by atoms with Crippen LogP contribution in [-0.2, 0) is 11.2 Å². The first kappa shape index (κ1) is 15.0. The van der Waals surface area contributed by atoms with Crippen molar-refractivity contribution in [1.82, 2.24) is 15.5 Å². The van der Waals surface area contributed by atoms with Crippen LogP contribution < -0.4 is 10.1 Å². The second kappa shape index (κ2) is 6.88. The van der Waals surface area contributed by atoms with Crippen LogP contribution >= 0.6 is 0 Å². The molecule has 0 saturated heterocycles. The van der Waals surface area contributed by atoms with E-state index in [1.54, 1.807) is 7.11 Å². The zero-order chi connectivity index (χ0) is 15.2. The largest absolute Gasteiger partial charge is 0.497 e. The molecule has 0 spiro atoms. The van der Waals surface area contributed by atoms with Crippen LogP contribution in [0.2, 0.25) is 0 Å². The number of hydrogen-bond donors (Lipinski definition) is 1. The number of nitrogens with zero attached hydrogens (tertiary/aromatic N) is 2. The maximum atomic E-state index is 11.6. The van der Waals surface area contributed by atoms with E-state index in [0.717, 1.165) is 11.3 Å². The van der Waals surface area contributed by atoms with Gasteiger partial charge in [0.1, 0.15) is 5.75 Å². The molecule has 1 amide bonds. The number of methoxy groups -OCH3 is 1. The zero-order valence-electron chi connectivity index (χ0n) is 12.4. The van der Waals surface area contributed by atoms with Gasteiger partial charge < -0.3 is 14.6 Å². The number of amides is 1. The predicted molar refractivity (Wildman–Crippen MR) is 77.9 cm³/mol. The molecule has 1 aromatic heterocycles. The summed E-state index contributed by atoms with van der Waals surface area (Å²) in [4.78, 5) is 15.9. The quantitative estimate of drug-likeness (QED) is 0.882. The summed E-state index contributed by atoms with van der Waals surface area (Å²) in [5.41, 5.74) is 0.816. The molecule has 0 radical (unpaired) electrons. The van der Waals surface area contributed by atoms with Gasteiger partial charge in [-0.25, -0.2) is 0 Å². The SMILES string of the molecule is COc1cccc(-c2noc(CCC(=O)NC(C)C)n2)c1. The summed E-state index contributed by atoms with van der Waals surface area (Å²) in [6.07, 6.45) is 0.757.